The minimum absolute atomic E-state index is 0.359. The van der Waals surface area contributed by atoms with Crippen molar-refractivity contribution in [3.8, 4) is 22.3 Å². The maximum atomic E-state index is 4.12. The van der Waals surface area contributed by atoms with Crippen molar-refractivity contribution in [1.29, 1.82) is 0 Å². The molecule has 0 radical (unpaired) electrons. The van der Waals surface area contributed by atoms with Crippen molar-refractivity contribution in [3.63, 3.8) is 0 Å². The largest absolute Gasteiger partial charge is 0.344 e. The summed E-state index contributed by atoms with van der Waals surface area (Å²) >= 11 is 0. The topological polar surface area (TPSA) is 14.8 Å². The van der Waals surface area contributed by atoms with E-state index in [-0.39, 0.29) is 0 Å². The van der Waals surface area contributed by atoms with Crippen LogP contribution in [0.3, 0.4) is 0 Å². The number of fused-ring (bicyclic) bond motifs is 9. The number of para-hydroxylation sites is 2. The number of benzene rings is 6. The summed E-state index contributed by atoms with van der Waals surface area (Å²) in [7, 11) is 2.17. The van der Waals surface area contributed by atoms with Crippen LogP contribution in [0.25, 0.3) is 87.7 Å². The standard InChI is InChI=1S/C50H49N3/c1-5-7-8-9-10-15-28-52-47-19-14-12-17-40(47)42-30-36(21-25-48(42)52)38-23-27-50-44(32-38)43-31-37(22-26-49(43)53(50)33-34(3)6-2)35-20-24-46-41(29-35)39-16-11-13-18-45(39)51(46)4/h6,11-14,16-27,29-32,34H,2,5,7-10,15,28,33H2,1,3-4H3/t34-/m0/s1. The Morgan fingerprint density at radius 1 is 0.491 bits per heavy atom. The molecule has 53 heavy (non-hydrogen) atoms. The Morgan fingerprint density at radius 3 is 1.49 bits per heavy atom. The molecular weight excluding hydrogens is 643 g/mol. The minimum atomic E-state index is 0.359. The van der Waals surface area contributed by atoms with Gasteiger partial charge >= 0.3 is 0 Å². The number of hydrogen-bond donors (Lipinski definition) is 0. The van der Waals surface area contributed by atoms with E-state index in [1.165, 1.54) is 126 Å². The lowest BCUT2D eigenvalue weighted by molar-refractivity contribution is 0.571. The fraction of sp³-hybridized carbons (Fsp3) is 0.240. The summed E-state index contributed by atoms with van der Waals surface area (Å²) in [6, 6.07) is 45.9. The van der Waals surface area contributed by atoms with E-state index < -0.39 is 0 Å². The van der Waals surface area contributed by atoms with Crippen LogP contribution >= 0.6 is 0 Å². The summed E-state index contributed by atoms with van der Waals surface area (Å²) < 4.78 is 7.36. The molecule has 0 amide bonds. The molecule has 0 fully saturated rings. The average molecular weight is 692 g/mol. The summed E-state index contributed by atoms with van der Waals surface area (Å²) in [5.74, 6) is 0.359. The van der Waals surface area contributed by atoms with Gasteiger partial charge in [-0.1, -0.05) is 113 Å². The van der Waals surface area contributed by atoms with Gasteiger partial charge in [0.05, 0.1) is 0 Å². The highest BCUT2D eigenvalue weighted by molar-refractivity contribution is 6.13. The fourth-order valence-electron chi connectivity index (χ4n) is 8.89. The molecule has 264 valence electrons. The van der Waals surface area contributed by atoms with Gasteiger partial charge in [0.15, 0.2) is 0 Å². The van der Waals surface area contributed by atoms with E-state index in [9.17, 15) is 0 Å². The lowest BCUT2D eigenvalue weighted by Crippen LogP contribution is -2.04. The smallest absolute Gasteiger partial charge is 0.0491 e. The first-order valence-corrected chi connectivity index (χ1v) is 19.7. The Balaban J connectivity index is 1.15. The van der Waals surface area contributed by atoms with Crippen LogP contribution in [0.4, 0.5) is 0 Å². The molecule has 0 aliphatic carbocycles. The molecule has 9 rings (SSSR count). The van der Waals surface area contributed by atoms with E-state index in [4.69, 9.17) is 0 Å². The molecule has 0 bridgehead atoms. The Morgan fingerprint density at radius 2 is 0.906 bits per heavy atom. The monoisotopic (exact) mass is 691 g/mol. The van der Waals surface area contributed by atoms with E-state index in [1.54, 1.807) is 0 Å². The van der Waals surface area contributed by atoms with Crippen molar-refractivity contribution in [2.24, 2.45) is 13.0 Å². The van der Waals surface area contributed by atoms with Gasteiger partial charge in [0.25, 0.3) is 0 Å². The highest BCUT2D eigenvalue weighted by Gasteiger charge is 2.17. The second-order valence-electron chi connectivity index (χ2n) is 15.3. The number of aryl methyl sites for hydroxylation is 2. The second-order valence-corrected chi connectivity index (χ2v) is 15.3. The number of unbranched alkanes of at least 4 members (excludes halogenated alkanes) is 5. The van der Waals surface area contributed by atoms with Gasteiger partial charge in [0.1, 0.15) is 0 Å². The molecule has 0 saturated carbocycles. The Hall–Kier alpha value is -5.54. The van der Waals surface area contributed by atoms with Crippen molar-refractivity contribution in [1.82, 2.24) is 13.7 Å². The Labute approximate surface area is 312 Å². The minimum Gasteiger partial charge on any atom is -0.344 e. The van der Waals surface area contributed by atoms with E-state index in [2.05, 4.69) is 169 Å². The van der Waals surface area contributed by atoms with Crippen molar-refractivity contribution in [2.75, 3.05) is 0 Å². The first-order valence-electron chi connectivity index (χ1n) is 19.7. The van der Waals surface area contributed by atoms with Gasteiger partial charge in [0, 0.05) is 85.6 Å². The highest BCUT2D eigenvalue weighted by atomic mass is 15.0. The molecule has 0 spiro atoms. The Kier molecular flexibility index (Phi) is 8.66. The number of aromatic nitrogens is 3. The van der Waals surface area contributed by atoms with Crippen LogP contribution < -0.4 is 0 Å². The molecule has 0 unspecified atom stereocenters. The first-order chi connectivity index (χ1) is 26.0. The third-order valence-corrected chi connectivity index (χ3v) is 11.8. The zero-order chi connectivity index (χ0) is 36.1. The van der Waals surface area contributed by atoms with Crippen LogP contribution in [-0.4, -0.2) is 13.7 Å². The third kappa shape index (κ3) is 5.74. The van der Waals surface area contributed by atoms with Crippen LogP contribution in [0, 0.1) is 5.92 Å². The van der Waals surface area contributed by atoms with Gasteiger partial charge in [-0.05, 0) is 95.3 Å². The number of rotatable bonds is 12. The quantitative estimate of drug-likeness (QED) is 0.0895. The Bertz CT molecular complexity index is 2800. The number of allylic oxidation sites excluding steroid dienone is 1. The van der Waals surface area contributed by atoms with E-state index in [0.717, 1.165) is 13.1 Å². The second kappa shape index (κ2) is 13.8. The predicted octanol–water partition coefficient (Wildman–Crippen LogP) is 14.1. The maximum absolute atomic E-state index is 4.12. The summed E-state index contributed by atoms with van der Waals surface area (Å²) in [5, 5.41) is 7.89. The van der Waals surface area contributed by atoms with Gasteiger partial charge in [-0.25, -0.2) is 0 Å². The van der Waals surface area contributed by atoms with Crippen molar-refractivity contribution in [3.05, 3.63) is 134 Å². The van der Waals surface area contributed by atoms with Crippen LogP contribution in [0.15, 0.2) is 134 Å². The van der Waals surface area contributed by atoms with Gasteiger partial charge in [-0.15, -0.1) is 6.58 Å². The molecule has 0 aliphatic heterocycles. The number of nitrogens with zero attached hydrogens (tertiary/aromatic N) is 3. The van der Waals surface area contributed by atoms with Gasteiger partial charge in [0.2, 0.25) is 0 Å². The average Bonchev–Trinajstić information content (AvgIpc) is 3.80. The molecule has 0 aliphatic rings. The molecule has 3 aromatic heterocycles. The van der Waals surface area contributed by atoms with Crippen molar-refractivity contribution in [2.45, 2.75) is 65.5 Å². The maximum Gasteiger partial charge on any atom is 0.0491 e. The van der Waals surface area contributed by atoms with Crippen molar-refractivity contribution >= 4 is 65.4 Å². The highest BCUT2D eigenvalue weighted by Crippen LogP contribution is 2.39. The van der Waals surface area contributed by atoms with Crippen LogP contribution in [0.5, 0.6) is 0 Å². The van der Waals surface area contributed by atoms with Gasteiger partial charge < -0.3 is 13.7 Å². The molecule has 3 heterocycles. The lowest BCUT2D eigenvalue weighted by atomic mass is 9.98. The van der Waals surface area contributed by atoms with E-state index in [1.807, 2.05) is 0 Å². The molecule has 3 heteroatoms. The molecule has 3 nitrogen and oxygen atoms in total. The van der Waals surface area contributed by atoms with E-state index in [0.29, 0.717) is 5.92 Å². The molecular formula is C50H49N3. The predicted molar refractivity (Wildman–Crippen MR) is 230 cm³/mol. The van der Waals surface area contributed by atoms with Crippen LogP contribution in [0.1, 0.15) is 52.4 Å². The lowest BCUT2D eigenvalue weighted by Gasteiger charge is -2.12. The summed E-state index contributed by atoms with van der Waals surface area (Å²) in [5.41, 5.74) is 12.8. The first kappa shape index (κ1) is 33.3. The van der Waals surface area contributed by atoms with Crippen LogP contribution in [-0.2, 0) is 20.1 Å². The fourth-order valence-corrected chi connectivity index (χ4v) is 8.89. The molecule has 6 aromatic carbocycles. The number of hydrogen-bond acceptors (Lipinski definition) is 0. The molecule has 0 N–H and O–H groups in total. The molecule has 0 saturated heterocycles. The van der Waals surface area contributed by atoms with Gasteiger partial charge in [-0.3, -0.25) is 0 Å². The van der Waals surface area contributed by atoms with Crippen molar-refractivity contribution < 1.29 is 0 Å². The van der Waals surface area contributed by atoms with Gasteiger partial charge in [-0.2, -0.15) is 0 Å². The molecule has 1 atom stereocenters. The zero-order valence-corrected chi connectivity index (χ0v) is 31.4. The summed E-state index contributed by atoms with van der Waals surface area (Å²) in [4.78, 5) is 0. The summed E-state index contributed by atoms with van der Waals surface area (Å²) in [6.07, 6.45) is 9.92. The van der Waals surface area contributed by atoms with E-state index >= 15 is 0 Å². The zero-order valence-electron chi connectivity index (χ0n) is 31.4. The normalized spacial score (nSPS) is 12.7. The van der Waals surface area contributed by atoms with Crippen LogP contribution in [0.2, 0.25) is 0 Å². The third-order valence-electron chi connectivity index (χ3n) is 11.8. The SMILES string of the molecule is C=C[C@H](C)Cn1c2ccc(-c3ccc4c(c3)c3ccccc3n4C)cc2c2cc(-c3ccc4c(c3)c3ccccc3n4CCCCCCCC)ccc21. The summed E-state index contributed by atoms with van der Waals surface area (Å²) in [6.45, 7) is 10.6. The molecule has 9 aromatic rings.